The number of fused-ring (bicyclic) bond motifs is 9. The first-order valence-corrected chi connectivity index (χ1v) is 31.3. The van der Waals surface area contributed by atoms with Gasteiger partial charge in [-0.15, -0.1) is 0 Å². The average Bonchev–Trinajstić information content (AvgIpc) is 1.73. The minimum absolute atomic E-state index is 1.02. The quantitative estimate of drug-likeness (QED) is 0.121. The monoisotopic (exact) mass is 1160 g/mol. The van der Waals surface area contributed by atoms with Crippen LogP contribution in [-0.2, 0) is 0 Å². The fourth-order valence-electron chi connectivity index (χ4n) is 14.3. The molecule has 0 spiro atoms. The lowest BCUT2D eigenvalue weighted by Gasteiger charge is -2.31. The molecule has 426 valence electrons. The summed E-state index contributed by atoms with van der Waals surface area (Å²) in [4.78, 5) is 4.93. The van der Waals surface area contributed by atoms with Gasteiger partial charge in [0.05, 0.1) is 11.0 Å². The third-order valence-electron chi connectivity index (χ3n) is 18.3. The van der Waals surface area contributed by atoms with Gasteiger partial charge in [-0.2, -0.15) is 0 Å². The van der Waals surface area contributed by atoms with Crippen LogP contribution in [0, 0.1) is 0 Å². The van der Waals surface area contributed by atoms with Gasteiger partial charge in [0.2, 0.25) is 0 Å². The number of rotatable bonds is 12. The number of anilines is 6. The first kappa shape index (κ1) is 53.2. The number of para-hydroxylation sites is 4. The Kier molecular flexibility index (Phi) is 13.2. The van der Waals surface area contributed by atoms with E-state index < -0.39 is 0 Å². The molecule has 1 heterocycles. The zero-order valence-electron chi connectivity index (χ0n) is 49.9. The zero-order valence-corrected chi connectivity index (χ0v) is 49.9. The van der Waals surface area contributed by atoms with Gasteiger partial charge in [0.15, 0.2) is 0 Å². The molecule has 0 atom stereocenters. The summed E-state index contributed by atoms with van der Waals surface area (Å²) in [6, 6.07) is 131. The Balaban J connectivity index is 0.927. The fourth-order valence-corrected chi connectivity index (χ4v) is 14.3. The van der Waals surface area contributed by atoms with E-state index in [2.05, 4.69) is 372 Å². The number of aromatic nitrogens is 1. The molecule has 3 nitrogen and oxygen atoms in total. The van der Waals surface area contributed by atoms with E-state index in [4.69, 9.17) is 0 Å². The Labute approximate surface area is 530 Å². The SMILES string of the molecule is c1ccc(C(=C2c3ccccc3-c3ccc(N(c4ccccc4)c4cc(-c5ccc6c(c5)c5ccccc5n6-c5ccccc5)cc(N(c5ccccc5)c5ccc6c(c5)C(=C(c5ccccc5)c5ccccc5)c5ccccc5-6)c4)cc32)c2ccccc2)cc1. The summed E-state index contributed by atoms with van der Waals surface area (Å²) in [5.74, 6) is 0. The summed E-state index contributed by atoms with van der Waals surface area (Å²) < 4.78 is 2.40. The van der Waals surface area contributed by atoms with Gasteiger partial charge in [0.1, 0.15) is 0 Å². The Morgan fingerprint density at radius 2 is 0.571 bits per heavy atom. The van der Waals surface area contributed by atoms with E-state index in [9.17, 15) is 0 Å². The molecule has 0 fully saturated rings. The fraction of sp³-hybridized carbons (Fsp3) is 0. The number of hydrogen-bond acceptors (Lipinski definition) is 2. The molecule has 0 saturated carbocycles. The lowest BCUT2D eigenvalue weighted by Crippen LogP contribution is -2.14. The predicted molar refractivity (Wildman–Crippen MR) is 382 cm³/mol. The van der Waals surface area contributed by atoms with E-state index in [0.29, 0.717) is 0 Å². The highest BCUT2D eigenvalue weighted by Crippen LogP contribution is 2.54. The van der Waals surface area contributed by atoms with E-state index in [0.717, 1.165) is 56.5 Å². The van der Waals surface area contributed by atoms with E-state index in [-0.39, 0.29) is 0 Å². The van der Waals surface area contributed by atoms with Crippen molar-refractivity contribution in [3.63, 3.8) is 0 Å². The summed E-state index contributed by atoms with van der Waals surface area (Å²) in [7, 11) is 0. The van der Waals surface area contributed by atoms with Crippen molar-refractivity contribution in [3.8, 4) is 39.1 Å². The van der Waals surface area contributed by atoms with Gasteiger partial charge in [-0.05, 0) is 197 Å². The summed E-state index contributed by atoms with van der Waals surface area (Å²) in [5, 5.41) is 2.40. The average molecular weight is 1160 g/mol. The largest absolute Gasteiger partial charge is 0.310 e. The molecule has 0 saturated heterocycles. The van der Waals surface area contributed by atoms with Gasteiger partial charge in [0.25, 0.3) is 0 Å². The van der Waals surface area contributed by atoms with Gasteiger partial charge >= 0.3 is 0 Å². The van der Waals surface area contributed by atoms with Crippen molar-refractivity contribution in [2.45, 2.75) is 0 Å². The standard InChI is InChI=1S/C88H59N3/c1-8-28-60(29-9-1)85(61-30-10-2-11-31-61)87-78-45-24-22-42-73(78)75-51-49-69(58-81(75)87)89(66-36-16-5-17-37-66)71-54-65(64-48-53-84-80(56-64)77-44-26-27-47-83(77)91(84)68-40-20-7-21-41-68)55-72(57-71)90(67-38-18-6-19-39-67)70-50-52-76-74-43-23-25-46-79(74)88(82(76)59-70)86(62-32-12-3-13-33-62)63-34-14-4-15-35-63/h1-59H. The van der Waals surface area contributed by atoms with Crippen LogP contribution in [0.3, 0.4) is 0 Å². The second-order valence-electron chi connectivity index (χ2n) is 23.5. The van der Waals surface area contributed by atoms with Crippen molar-refractivity contribution in [2.24, 2.45) is 0 Å². The summed E-state index contributed by atoms with van der Waals surface area (Å²) >= 11 is 0. The molecule has 0 aliphatic heterocycles. The summed E-state index contributed by atoms with van der Waals surface area (Å²) in [6.07, 6.45) is 0. The van der Waals surface area contributed by atoms with Crippen molar-refractivity contribution in [2.75, 3.05) is 9.80 Å². The van der Waals surface area contributed by atoms with Crippen LogP contribution >= 0.6 is 0 Å². The van der Waals surface area contributed by atoms with E-state index in [1.54, 1.807) is 0 Å². The first-order chi connectivity index (χ1) is 45.2. The molecule has 91 heavy (non-hydrogen) atoms. The third-order valence-corrected chi connectivity index (χ3v) is 18.3. The van der Waals surface area contributed by atoms with Crippen molar-refractivity contribution >= 4 is 78.2 Å². The van der Waals surface area contributed by atoms with Gasteiger partial charge in [0, 0.05) is 50.6 Å². The van der Waals surface area contributed by atoms with Crippen molar-refractivity contribution < 1.29 is 0 Å². The molecule has 0 unspecified atom stereocenters. The second kappa shape index (κ2) is 22.6. The van der Waals surface area contributed by atoms with Crippen LogP contribution in [0.1, 0.15) is 44.5 Å². The van der Waals surface area contributed by atoms with Crippen LogP contribution in [0.15, 0.2) is 358 Å². The Hall–Kier alpha value is -12.0. The molecule has 2 aliphatic rings. The molecule has 0 radical (unpaired) electrons. The molecule has 0 bridgehead atoms. The van der Waals surface area contributed by atoms with E-state index in [1.807, 2.05) is 0 Å². The highest BCUT2D eigenvalue weighted by molar-refractivity contribution is 6.16. The van der Waals surface area contributed by atoms with E-state index >= 15 is 0 Å². The lowest BCUT2D eigenvalue weighted by atomic mass is 9.88. The first-order valence-electron chi connectivity index (χ1n) is 31.3. The number of nitrogens with zero attached hydrogens (tertiary/aromatic N) is 3. The molecule has 3 heteroatoms. The third kappa shape index (κ3) is 9.30. The topological polar surface area (TPSA) is 11.4 Å². The minimum atomic E-state index is 1.02. The molecule has 15 aromatic rings. The van der Waals surface area contributed by atoms with Gasteiger partial charge in [-0.3, -0.25) is 0 Å². The van der Waals surface area contributed by atoms with Crippen molar-refractivity contribution in [3.05, 3.63) is 402 Å². The minimum Gasteiger partial charge on any atom is -0.310 e. The normalized spacial score (nSPS) is 11.9. The molecule has 14 aromatic carbocycles. The van der Waals surface area contributed by atoms with Crippen LogP contribution in [-0.4, -0.2) is 4.57 Å². The molecular weight excluding hydrogens is 1100 g/mol. The molecule has 0 amide bonds. The number of benzene rings is 14. The molecule has 17 rings (SSSR count). The van der Waals surface area contributed by atoms with Gasteiger partial charge in [-0.25, -0.2) is 0 Å². The maximum absolute atomic E-state index is 2.47. The van der Waals surface area contributed by atoms with Gasteiger partial charge < -0.3 is 14.4 Å². The Bertz CT molecular complexity index is 4970. The molecule has 2 aliphatic carbocycles. The van der Waals surface area contributed by atoms with Gasteiger partial charge in [-0.1, -0.05) is 261 Å². The second-order valence-corrected chi connectivity index (χ2v) is 23.5. The maximum Gasteiger partial charge on any atom is 0.0541 e. The smallest absolute Gasteiger partial charge is 0.0541 e. The molecule has 0 N–H and O–H groups in total. The van der Waals surface area contributed by atoms with Crippen LogP contribution < -0.4 is 9.80 Å². The van der Waals surface area contributed by atoms with Crippen LogP contribution in [0.25, 0.3) is 83.2 Å². The van der Waals surface area contributed by atoms with E-state index in [1.165, 1.54) is 105 Å². The Morgan fingerprint density at radius 3 is 1.02 bits per heavy atom. The Morgan fingerprint density at radius 1 is 0.209 bits per heavy atom. The highest BCUT2D eigenvalue weighted by Gasteiger charge is 2.32. The summed E-state index contributed by atoms with van der Waals surface area (Å²) in [5.41, 5.74) is 31.2. The van der Waals surface area contributed by atoms with Crippen LogP contribution in [0.5, 0.6) is 0 Å². The molecular formula is C88H59N3. The van der Waals surface area contributed by atoms with Crippen LogP contribution in [0.4, 0.5) is 34.1 Å². The van der Waals surface area contributed by atoms with Crippen molar-refractivity contribution in [1.82, 2.24) is 4.57 Å². The number of hydrogen-bond donors (Lipinski definition) is 0. The van der Waals surface area contributed by atoms with Crippen molar-refractivity contribution in [1.29, 1.82) is 0 Å². The highest BCUT2D eigenvalue weighted by atomic mass is 15.2. The summed E-state index contributed by atoms with van der Waals surface area (Å²) in [6.45, 7) is 0. The molecule has 1 aromatic heterocycles. The zero-order chi connectivity index (χ0) is 60.2. The van der Waals surface area contributed by atoms with Crippen LogP contribution in [0.2, 0.25) is 0 Å². The lowest BCUT2D eigenvalue weighted by molar-refractivity contribution is 1.18. The maximum atomic E-state index is 2.47. The predicted octanol–water partition coefficient (Wildman–Crippen LogP) is 23.4.